The van der Waals surface area contributed by atoms with Gasteiger partial charge in [-0.15, -0.1) is 5.10 Å². The number of benzene rings is 2. The lowest BCUT2D eigenvalue weighted by Crippen LogP contribution is -2.23. The molecule has 0 unspecified atom stereocenters. The fourth-order valence-corrected chi connectivity index (χ4v) is 3.46. The van der Waals surface area contributed by atoms with Gasteiger partial charge in [0.15, 0.2) is 0 Å². The quantitative estimate of drug-likeness (QED) is 0.784. The van der Waals surface area contributed by atoms with Gasteiger partial charge in [-0.25, -0.2) is 4.68 Å². The van der Waals surface area contributed by atoms with Crippen molar-refractivity contribution < 1.29 is 4.79 Å². The largest absolute Gasteiger partial charge is 0.372 e. The summed E-state index contributed by atoms with van der Waals surface area (Å²) in [5.74, 6) is -0.108. The normalized spacial score (nSPS) is 15.0. The van der Waals surface area contributed by atoms with Gasteiger partial charge in [-0.1, -0.05) is 30.2 Å². The summed E-state index contributed by atoms with van der Waals surface area (Å²) in [4.78, 5) is 14.8. The van der Waals surface area contributed by atoms with Crippen LogP contribution in [-0.4, -0.2) is 34.0 Å². The van der Waals surface area contributed by atoms with Crippen LogP contribution in [0.3, 0.4) is 0 Å². The highest BCUT2D eigenvalue weighted by Crippen LogP contribution is 2.21. The third kappa shape index (κ3) is 3.69. The number of nitrogens with zero attached hydrogens (tertiary/aromatic N) is 4. The standard InChI is InChI=1S/C20H23N5O/c26-20(15-25-19-8-4-3-7-18(19)22-23-25)21-16-9-11-17(12-10-16)24-13-5-1-2-6-14-24/h3-4,7-12H,1-2,5-6,13-15H2,(H,21,26). The van der Waals surface area contributed by atoms with Crippen molar-refractivity contribution in [1.82, 2.24) is 15.0 Å². The Kier molecular flexibility index (Phi) is 4.82. The highest BCUT2D eigenvalue weighted by Gasteiger charge is 2.11. The number of anilines is 2. The number of rotatable bonds is 4. The molecule has 3 aromatic rings. The molecule has 0 spiro atoms. The minimum atomic E-state index is -0.108. The molecule has 1 N–H and O–H groups in total. The first-order valence-corrected chi connectivity index (χ1v) is 9.23. The molecule has 6 nitrogen and oxygen atoms in total. The van der Waals surface area contributed by atoms with Crippen LogP contribution in [0.1, 0.15) is 25.7 Å². The number of carbonyl (C=O) groups excluding carboxylic acids is 1. The Morgan fingerprint density at radius 2 is 1.69 bits per heavy atom. The van der Waals surface area contributed by atoms with Crippen LogP contribution in [0, 0.1) is 0 Å². The van der Waals surface area contributed by atoms with Gasteiger partial charge in [-0.05, 0) is 49.2 Å². The topological polar surface area (TPSA) is 63.1 Å². The van der Waals surface area contributed by atoms with Crippen molar-refractivity contribution in [2.45, 2.75) is 32.2 Å². The Bertz CT molecular complexity index is 879. The Balaban J connectivity index is 1.39. The summed E-state index contributed by atoms with van der Waals surface area (Å²) in [7, 11) is 0. The van der Waals surface area contributed by atoms with Gasteiger partial charge in [-0.2, -0.15) is 0 Å². The molecule has 1 fully saturated rings. The molecule has 2 heterocycles. The van der Waals surface area contributed by atoms with E-state index in [9.17, 15) is 4.79 Å². The summed E-state index contributed by atoms with van der Waals surface area (Å²) in [6, 6.07) is 15.7. The second-order valence-electron chi connectivity index (χ2n) is 6.73. The van der Waals surface area contributed by atoms with Crippen molar-refractivity contribution in [3.8, 4) is 0 Å². The van der Waals surface area contributed by atoms with E-state index in [4.69, 9.17) is 0 Å². The van der Waals surface area contributed by atoms with Crippen LogP contribution in [0.25, 0.3) is 11.0 Å². The molecule has 4 rings (SSSR count). The van der Waals surface area contributed by atoms with E-state index in [0.29, 0.717) is 0 Å². The lowest BCUT2D eigenvalue weighted by molar-refractivity contribution is -0.116. The molecule has 0 radical (unpaired) electrons. The lowest BCUT2D eigenvalue weighted by Gasteiger charge is -2.22. The smallest absolute Gasteiger partial charge is 0.246 e. The number of carbonyl (C=O) groups is 1. The van der Waals surface area contributed by atoms with Crippen LogP contribution in [-0.2, 0) is 11.3 Å². The van der Waals surface area contributed by atoms with Gasteiger partial charge in [0.25, 0.3) is 0 Å². The maximum absolute atomic E-state index is 12.3. The maximum Gasteiger partial charge on any atom is 0.246 e. The Morgan fingerprint density at radius 1 is 0.962 bits per heavy atom. The van der Waals surface area contributed by atoms with Gasteiger partial charge < -0.3 is 10.2 Å². The molecule has 0 aliphatic carbocycles. The number of amides is 1. The second-order valence-corrected chi connectivity index (χ2v) is 6.73. The summed E-state index contributed by atoms with van der Waals surface area (Å²) in [6.45, 7) is 2.38. The number of nitrogens with one attached hydrogen (secondary N) is 1. The van der Waals surface area contributed by atoms with E-state index in [1.54, 1.807) is 4.68 Å². The molecule has 0 saturated carbocycles. The zero-order valence-corrected chi connectivity index (χ0v) is 14.8. The van der Waals surface area contributed by atoms with Gasteiger partial charge >= 0.3 is 0 Å². The number of para-hydroxylation sites is 1. The van der Waals surface area contributed by atoms with Crippen molar-refractivity contribution in [2.75, 3.05) is 23.3 Å². The zero-order valence-electron chi connectivity index (χ0n) is 14.8. The van der Waals surface area contributed by atoms with Gasteiger partial charge in [-0.3, -0.25) is 4.79 Å². The van der Waals surface area contributed by atoms with Crippen LogP contribution in [0.2, 0.25) is 0 Å². The molecule has 6 heteroatoms. The molecule has 1 aliphatic rings. The minimum Gasteiger partial charge on any atom is -0.372 e. The molecule has 2 aromatic carbocycles. The monoisotopic (exact) mass is 349 g/mol. The molecule has 26 heavy (non-hydrogen) atoms. The number of hydrogen-bond donors (Lipinski definition) is 1. The summed E-state index contributed by atoms with van der Waals surface area (Å²) in [6.07, 6.45) is 5.15. The van der Waals surface area contributed by atoms with Crippen LogP contribution in [0.15, 0.2) is 48.5 Å². The van der Waals surface area contributed by atoms with Crippen LogP contribution >= 0.6 is 0 Å². The molecule has 134 valence electrons. The average molecular weight is 349 g/mol. The first-order chi connectivity index (χ1) is 12.8. The van der Waals surface area contributed by atoms with Crippen LogP contribution in [0.5, 0.6) is 0 Å². The number of hydrogen-bond acceptors (Lipinski definition) is 4. The van der Waals surface area contributed by atoms with Crippen molar-refractivity contribution in [1.29, 1.82) is 0 Å². The second kappa shape index (κ2) is 7.56. The Labute approximate surface area is 152 Å². The van der Waals surface area contributed by atoms with E-state index in [1.165, 1.54) is 31.4 Å². The van der Waals surface area contributed by atoms with Crippen LogP contribution in [0.4, 0.5) is 11.4 Å². The van der Waals surface area contributed by atoms with E-state index in [2.05, 4.69) is 32.7 Å². The van der Waals surface area contributed by atoms with Crippen molar-refractivity contribution >= 4 is 28.3 Å². The van der Waals surface area contributed by atoms with E-state index in [0.717, 1.165) is 29.8 Å². The predicted molar refractivity (Wildman–Crippen MR) is 103 cm³/mol. The fourth-order valence-electron chi connectivity index (χ4n) is 3.46. The Morgan fingerprint density at radius 3 is 2.46 bits per heavy atom. The van der Waals surface area contributed by atoms with Crippen molar-refractivity contribution in [3.05, 3.63) is 48.5 Å². The molecular formula is C20H23N5O. The highest BCUT2D eigenvalue weighted by atomic mass is 16.2. The molecule has 1 saturated heterocycles. The van der Waals surface area contributed by atoms with E-state index in [-0.39, 0.29) is 12.5 Å². The average Bonchev–Trinajstić information content (AvgIpc) is 2.88. The SMILES string of the molecule is O=C(Cn1nnc2ccccc21)Nc1ccc(N2CCCCCC2)cc1. The van der Waals surface area contributed by atoms with Crippen molar-refractivity contribution in [2.24, 2.45) is 0 Å². The first kappa shape index (κ1) is 16.6. The van der Waals surface area contributed by atoms with E-state index in [1.807, 2.05) is 36.4 Å². The van der Waals surface area contributed by atoms with Gasteiger partial charge in [0.05, 0.1) is 5.52 Å². The number of aromatic nitrogens is 3. The highest BCUT2D eigenvalue weighted by molar-refractivity contribution is 5.91. The molecular weight excluding hydrogens is 326 g/mol. The van der Waals surface area contributed by atoms with E-state index >= 15 is 0 Å². The van der Waals surface area contributed by atoms with Gasteiger partial charge in [0, 0.05) is 24.5 Å². The van der Waals surface area contributed by atoms with Gasteiger partial charge in [0.2, 0.25) is 5.91 Å². The maximum atomic E-state index is 12.3. The summed E-state index contributed by atoms with van der Waals surface area (Å²) < 4.78 is 1.62. The summed E-state index contributed by atoms with van der Waals surface area (Å²) in [5.41, 5.74) is 3.69. The summed E-state index contributed by atoms with van der Waals surface area (Å²) >= 11 is 0. The molecule has 0 bridgehead atoms. The van der Waals surface area contributed by atoms with Crippen molar-refractivity contribution in [3.63, 3.8) is 0 Å². The predicted octanol–water partition coefficient (Wildman–Crippen LogP) is 3.45. The molecule has 0 atom stereocenters. The minimum absolute atomic E-state index is 0.108. The third-order valence-corrected chi connectivity index (χ3v) is 4.84. The lowest BCUT2D eigenvalue weighted by atomic mass is 10.2. The zero-order chi connectivity index (χ0) is 17.8. The van der Waals surface area contributed by atoms with Crippen LogP contribution < -0.4 is 10.2 Å². The summed E-state index contributed by atoms with van der Waals surface area (Å²) in [5, 5.41) is 11.1. The fraction of sp³-hybridized carbons (Fsp3) is 0.350. The van der Waals surface area contributed by atoms with Gasteiger partial charge in [0.1, 0.15) is 12.1 Å². The Hall–Kier alpha value is -2.89. The third-order valence-electron chi connectivity index (χ3n) is 4.84. The van der Waals surface area contributed by atoms with E-state index < -0.39 is 0 Å². The molecule has 1 amide bonds. The molecule has 1 aliphatic heterocycles. The number of fused-ring (bicyclic) bond motifs is 1. The first-order valence-electron chi connectivity index (χ1n) is 9.23. The molecule has 1 aromatic heterocycles.